The quantitative estimate of drug-likeness (QED) is 0.845. The Morgan fingerprint density at radius 3 is 3.12 bits per heavy atom. The van der Waals surface area contributed by atoms with Gasteiger partial charge in [-0.2, -0.15) is 5.10 Å². The monoisotopic (exact) mass is 223 g/mol. The summed E-state index contributed by atoms with van der Waals surface area (Å²) in [5.41, 5.74) is 7.40. The Kier molecular flexibility index (Phi) is 3.61. The molecule has 1 aromatic rings. The van der Waals surface area contributed by atoms with E-state index >= 15 is 0 Å². The second-order valence-electron chi connectivity index (χ2n) is 4.59. The molecule has 4 heteroatoms. The van der Waals surface area contributed by atoms with Crippen LogP contribution in [0.15, 0.2) is 12.4 Å². The van der Waals surface area contributed by atoms with E-state index in [9.17, 15) is 0 Å². The summed E-state index contributed by atoms with van der Waals surface area (Å²) in [4.78, 5) is 0. The summed E-state index contributed by atoms with van der Waals surface area (Å²) >= 11 is 0. The van der Waals surface area contributed by atoms with Crippen molar-refractivity contribution in [2.45, 2.75) is 45.4 Å². The first-order valence-electron chi connectivity index (χ1n) is 6.12. The normalized spacial score (nSPS) is 27.2. The largest absolute Gasteiger partial charge is 0.378 e. The highest BCUT2D eigenvalue weighted by Gasteiger charge is 2.31. The van der Waals surface area contributed by atoms with Crippen LogP contribution < -0.4 is 5.73 Å². The van der Waals surface area contributed by atoms with Gasteiger partial charge in [0.1, 0.15) is 0 Å². The van der Waals surface area contributed by atoms with Crippen LogP contribution in [-0.2, 0) is 11.3 Å². The van der Waals surface area contributed by atoms with Gasteiger partial charge in [0, 0.05) is 36.9 Å². The Labute approximate surface area is 96.8 Å². The molecule has 1 aliphatic heterocycles. The molecule has 0 radical (unpaired) electrons. The molecule has 0 bridgehead atoms. The van der Waals surface area contributed by atoms with Crippen LogP contribution in [0.1, 0.15) is 38.3 Å². The molecule has 1 aromatic heterocycles. The summed E-state index contributed by atoms with van der Waals surface area (Å²) in [5, 5.41) is 4.32. The van der Waals surface area contributed by atoms with Gasteiger partial charge in [0.15, 0.2) is 0 Å². The fourth-order valence-corrected chi connectivity index (χ4v) is 2.37. The SMILES string of the molecule is CCCn1cc(C(N)C2CCOC2C)cn1. The molecule has 3 unspecified atom stereocenters. The number of hydrogen-bond acceptors (Lipinski definition) is 3. The van der Waals surface area contributed by atoms with Crippen LogP contribution >= 0.6 is 0 Å². The molecule has 2 N–H and O–H groups in total. The summed E-state index contributed by atoms with van der Waals surface area (Å²) in [7, 11) is 0. The van der Waals surface area contributed by atoms with Crippen molar-refractivity contribution in [3.63, 3.8) is 0 Å². The molecule has 0 spiro atoms. The number of aryl methyl sites for hydroxylation is 1. The van der Waals surface area contributed by atoms with Crippen LogP contribution in [-0.4, -0.2) is 22.5 Å². The Morgan fingerprint density at radius 2 is 2.50 bits per heavy atom. The maximum Gasteiger partial charge on any atom is 0.0594 e. The number of nitrogens with two attached hydrogens (primary N) is 1. The second kappa shape index (κ2) is 4.97. The maximum absolute atomic E-state index is 6.27. The lowest BCUT2D eigenvalue weighted by molar-refractivity contribution is 0.0995. The van der Waals surface area contributed by atoms with Gasteiger partial charge in [-0.15, -0.1) is 0 Å². The molecule has 0 aromatic carbocycles. The molecule has 1 saturated heterocycles. The molecule has 2 rings (SSSR count). The second-order valence-corrected chi connectivity index (χ2v) is 4.59. The van der Waals surface area contributed by atoms with E-state index in [2.05, 4.69) is 25.1 Å². The van der Waals surface area contributed by atoms with Gasteiger partial charge < -0.3 is 10.5 Å². The average molecular weight is 223 g/mol. The maximum atomic E-state index is 6.27. The van der Waals surface area contributed by atoms with Crippen molar-refractivity contribution in [2.24, 2.45) is 11.7 Å². The van der Waals surface area contributed by atoms with Gasteiger partial charge in [-0.05, 0) is 19.8 Å². The Morgan fingerprint density at radius 1 is 1.69 bits per heavy atom. The van der Waals surface area contributed by atoms with E-state index in [1.807, 2.05) is 10.9 Å². The number of nitrogens with zero attached hydrogens (tertiary/aromatic N) is 2. The topological polar surface area (TPSA) is 53.1 Å². The van der Waals surface area contributed by atoms with Gasteiger partial charge >= 0.3 is 0 Å². The lowest BCUT2D eigenvalue weighted by Gasteiger charge is -2.20. The van der Waals surface area contributed by atoms with Crippen molar-refractivity contribution in [1.29, 1.82) is 0 Å². The zero-order chi connectivity index (χ0) is 11.5. The van der Waals surface area contributed by atoms with Gasteiger partial charge in [0.25, 0.3) is 0 Å². The van der Waals surface area contributed by atoms with Gasteiger partial charge in [-0.25, -0.2) is 0 Å². The highest BCUT2D eigenvalue weighted by molar-refractivity contribution is 5.12. The van der Waals surface area contributed by atoms with Crippen molar-refractivity contribution in [2.75, 3.05) is 6.61 Å². The van der Waals surface area contributed by atoms with E-state index in [1.165, 1.54) is 0 Å². The minimum atomic E-state index is 0.0584. The number of rotatable bonds is 4. The summed E-state index contributed by atoms with van der Waals surface area (Å²) in [6, 6.07) is 0.0584. The third kappa shape index (κ3) is 2.28. The third-order valence-corrected chi connectivity index (χ3v) is 3.39. The molecule has 3 atom stereocenters. The smallest absolute Gasteiger partial charge is 0.0594 e. The molecule has 90 valence electrons. The van der Waals surface area contributed by atoms with E-state index in [1.54, 1.807) is 0 Å². The molecule has 16 heavy (non-hydrogen) atoms. The Hall–Kier alpha value is -0.870. The number of aromatic nitrogens is 2. The fraction of sp³-hybridized carbons (Fsp3) is 0.750. The van der Waals surface area contributed by atoms with E-state index in [0.717, 1.165) is 31.6 Å². The molecule has 0 amide bonds. The van der Waals surface area contributed by atoms with Crippen LogP contribution in [0, 0.1) is 5.92 Å². The lowest BCUT2D eigenvalue weighted by Crippen LogP contribution is -2.26. The first-order chi connectivity index (χ1) is 7.72. The van der Waals surface area contributed by atoms with Crippen LogP contribution in [0.4, 0.5) is 0 Å². The summed E-state index contributed by atoms with van der Waals surface area (Å²) in [6.45, 7) is 6.05. The van der Waals surface area contributed by atoms with Crippen LogP contribution in [0.3, 0.4) is 0 Å². The minimum absolute atomic E-state index is 0.0584. The van der Waals surface area contributed by atoms with E-state index in [0.29, 0.717) is 5.92 Å². The molecule has 2 heterocycles. The predicted octanol–water partition coefficient (Wildman–Crippen LogP) is 1.72. The van der Waals surface area contributed by atoms with Crippen LogP contribution in [0.5, 0.6) is 0 Å². The first kappa shape index (κ1) is 11.6. The Bertz CT molecular complexity index is 337. The zero-order valence-corrected chi connectivity index (χ0v) is 10.1. The summed E-state index contributed by atoms with van der Waals surface area (Å²) < 4.78 is 7.52. The van der Waals surface area contributed by atoms with Crippen molar-refractivity contribution < 1.29 is 4.74 Å². The minimum Gasteiger partial charge on any atom is -0.378 e. The molecule has 1 fully saturated rings. The van der Waals surface area contributed by atoms with Gasteiger partial charge in [-0.1, -0.05) is 6.92 Å². The van der Waals surface area contributed by atoms with Gasteiger partial charge in [-0.3, -0.25) is 4.68 Å². The van der Waals surface area contributed by atoms with Gasteiger partial charge in [0.05, 0.1) is 12.3 Å². The first-order valence-corrected chi connectivity index (χ1v) is 6.12. The molecule has 4 nitrogen and oxygen atoms in total. The molecular formula is C12H21N3O. The zero-order valence-electron chi connectivity index (χ0n) is 10.1. The molecule has 0 aliphatic carbocycles. The molecular weight excluding hydrogens is 202 g/mol. The van der Waals surface area contributed by atoms with E-state index in [4.69, 9.17) is 10.5 Å². The van der Waals surface area contributed by atoms with Crippen molar-refractivity contribution in [1.82, 2.24) is 9.78 Å². The van der Waals surface area contributed by atoms with Crippen LogP contribution in [0.25, 0.3) is 0 Å². The van der Waals surface area contributed by atoms with Crippen molar-refractivity contribution in [3.05, 3.63) is 18.0 Å². The fourth-order valence-electron chi connectivity index (χ4n) is 2.37. The van der Waals surface area contributed by atoms with E-state index in [-0.39, 0.29) is 12.1 Å². The van der Waals surface area contributed by atoms with Crippen molar-refractivity contribution in [3.8, 4) is 0 Å². The summed E-state index contributed by atoms with van der Waals surface area (Å²) in [5.74, 6) is 0.430. The molecule has 0 saturated carbocycles. The number of ether oxygens (including phenoxy) is 1. The highest BCUT2D eigenvalue weighted by Crippen LogP contribution is 2.31. The van der Waals surface area contributed by atoms with Gasteiger partial charge in [0.2, 0.25) is 0 Å². The molecule has 1 aliphatic rings. The van der Waals surface area contributed by atoms with E-state index < -0.39 is 0 Å². The van der Waals surface area contributed by atoms with Crippen LogP contribution in [0.2, 0.25) is 0 Å². The lowest BCUT2D eigenvalue weighted by atomic mass is 9.91. The summed E-state index contributed by atoms with van der Waals surface area (Å²) in [6.07, 6.45) is 6.38. The Balaban J connectivity index is 2.04. The predicted molar refractivity (Wildman–Crippen MR) is 63.0 cm³/mol. The van der Waals surface area contributed by atoms with Crippen molar-refractivity contribution >= 4 is 0 Å². The average Bonchev–Trinajstić information content (AvgIpc) is 2.87. The third-order valence-electron chi connectivity index (χ3n) is 3.39. The number of hydrogen-bond donors (Lipinski definition) is 1. The standard InChI is InChI=1S/C12H21N3O/c1-3-5-15-8-10(7-14-15)12(13)11-4-6-16-9(11)2/h7-9,11-12H,3-6,13H2,1-2H3. The highest BCUT2D eigenvalue weighted by atomic mass is 16.5.